The summed E-state index contributed by atoms with van der Waals surface area (Å²) in [5.74, 6) is -0.558. The molecule has 110 valence electrons. The van der Waals surface area contributed by atoms with Crippen LogP contribution in [0.4, 0.5) is 0 Å². The van der Waals surface area contributed by atoms with Crippen LogP contribution < -0.4 is 5.32 Å². The normalized spacial score (nSPS) is 11.0. The molecule has 1 amide bonds. The number of aryl methyl sites for hydroxylation is 2. The Bertz CT molecular complexity index is 680. The van der Waals surface area contributed by atoms with Crippen LogP contribution in [0.3, 0.4) is 0 Å². The van der Waals surface area contributed by atoms with Crippen LogP contribution in [0.5, 0.6) is 0 Å². The zero-order chi connectivity index (χ0) is 15.4. The van der Waals surface area contributed by atoms with Gasteiger partial charge in [0.2, 0.25) is 0 Å². The Morgan fingerprint density at radius 1 is 1.48 bits per heavy atom. The van der Waals surface area contributed by atoms with Crippen LogP contribution in [0.2, 0.25) is 0 Å². The van der Waals surface area contributed by atoms with Crippen molar-refractivity contribution in [1.82, 2.24) is 10.5 Å². The second kappa shape index (κ2) is 6.36. The van der Waals surface area contributed by atoms with Crippen LogP contribution in [0, 0.1) is 13.8 Å². The van der Waals surface area contributed by atoms with Crippen LogP contribution in [0.1, 0.15) is 32.3 Å². The summed E-state index contributed by atoms with van der Waals surface area (Å²) in [5.41, 5.74) is 2.12. The van der Waals surface area contributed by atoms with E-state index in [-0.39, 0.29) is 5.91 Å². The van der Waals surface area contributed by atoms with Gasteiger partial charge in [0.25, 0.3) is 5.91 Å². The van der Waals surface area contributed by atoms with E-state index in [1.807, 2.05) is 6.92 Å². The van der Waals surface area contributed by atoms with Gasteiger partial charge in [-0.05, 0) is 26.0 Å². The molecule has 0 aliphatic carbocycles. The Hall–Kier alpha value is -2.41. The molecule has 0 aromatic carbocycles. The maximum absolute atomic E-state index is 12.0. The van der Waals surface area contributed by atoms with Crippen molar-refractivity contribution in [2.24, 2.45) is 0 Å². The predicted molar refractivity (Wildman–Crippen MR) is 78.1 cm³/mol. The molecule has 0 fully saturated rings. The first kappa shape index (κ1) is 15.0. The molecule has 2 aromatic rings. The van der Waals surface area contributed by atoms with Crippen LogP contribution in [0.15, 0.2) is 22.0 Å². The fraction of sp³-hybridized carbons (Fsp3) is 0.214. The van der Waals surface area contributed by atoms with Crippen LogP contribution in [0.25, 0.3) is 6.08 Å². The number of carbonyl (C=O) groups excluding carboxylic acids is 1. The minimum Gasteiger partial charge on any atom is -0.478 e. The molecule has 0 bridgehead atoms. The summed E-state index contributed by atoms with van der Waals surface area (Å²) >= 11 is 1.31. The summed E-state index contributed by atoms with van der Waals surface area (Å²) < 4.78 is 5.03. The highest BCUT2D eigenvalue weighted by Crippen LogP contribution is 2.17. The van der Waals surface area contributed by atoms with Gasteiger partial charge in [0.1, 0.15) is 5.76 Å². The van der Waals surface area contributed by atoms with Crippen molar-refractivity contribution >= 4 is 29.3 Å². The third-order valence-electron chi connectivity index (χ3n) is 2.88. The van der Waals surface area contributed by atoms with Crippen molar-refractivity contribution in [3.8, 4) is 0 Å². The number of hydrogen-bond acceptors (Lipinski definition) is 5. The molecule has 0 aliphatic heterocycles. The van der Waals surface area contributed by atoms with Gasteiger partial charge in [-0.1, -0.05) is 5.16 Å². The first-order valence-corrected chi connectivity index (χ1v) is 7.05. The van der Waals surface area contributed by atoms with Gasteiger partial charge in [0.05, 0.1) is 11.3 Å². The van der Waals surface area contributed by atoms with E-state index in [1.165, 1.54) is 17.4 Å². The number of carbonyl (C=O) groups is 2. The summed E-state index contributed by atoms with van der Waals surface area (Å²) in [5, 5.41) is 16.9. The number of carboxylic acids is 1. The number of thiophene rings is 1. The number of aromatic nitrogens is 1. The average Bonchev–Trinajstić information content (AvgIpc) is 3.02. The minimum absolute atomic E-state index is 0.221. The number of rotatable bonds is 5. The number of carboxylic acid groups (broad SMARTS) is 1. The zero-order valence-electron chi connectivity index (χ0n) is 11.5. The van der Waals surface area contributed by atoms with Crippen LogP contribution >= 0.6 is 11.3 Å². The number of aliphatic carboxylic acids is 1. The smallest absolute Gasteiger partial charge is 0.328 e. The molecule has 0 aliphatic rings. The van der Waals surface area contributed by atoms with Gasteiger partial charge >= 0.3 is 5.97 Å². The number of nitrogens with one attached hydrogen (secondary N) is 1. The molecule has 2 N–H and O–H groups in total. The number of hydrogen-bond donors (Lipinski definition) is 2. The molecule has 21 heavy (non-hydrogen) atoms. The molecule has 7 heteroatoms. The van der Waals surface area contributed by atoms with Crippen molar-refractivity contribution < 1.29 is 19.2 Å². The monoisotopic (exact) mass is 306 g/mol. The molecule has 0 radical (unpaired) electrons. The highest BCUT2D eigenvalue weighted by atomic mass is 32.1. The topological polar surface area (TPSA) is 92.4 Å². The molecule has 0 unspecified atom stereocenters. The van der Waals surface area contributed by atoms with E-state index < -0.39 is 5.97 Å². The molecule has 2 aromatic heterocycles. The maximum atomic E-state index is 12.0. The fourth-order valence-corrected chi connectivity index (χ4v) is 2.52. The molecular formula is C14H14N2O4S. The Morgan fingerprint density at radius 2 is 2.24 bits per heavy atom. The quantitative estimate of drug-likeness (QED) is 0.827. The zero-order valence-corrected chi connectivity index (χ0v) is 12.4. The highest BCUT2D eigenvalue weighted by molar-refractivity contribution is 7.11. The number of amides is 1. The average molecular weight is 306 g/mol. The summed E-state index contributed by atoms with van der Waals surface area (Å²) in [6.45, 7) is 3.95. The summed E-state index contributed by atoms with van der Waals surface area (Å²) in [7, 11) is 0. The molecule has 2 heterocycles. The molecule has 2 rings (SSSR count). The molecule has 0 saturated carbocycles. The summed E-state index contributed by atoms with van der Waals surface area (Å²) in [4.78, 5) is 23.2. The third kappa shape index (κ3) is 3.79. The lowest BCUT2D eigenvalue weighted by atomic mass is 10.2. The first-order valence-electron chi connectivity index (χ1n) is 6.17. The van der Waals surface area contributed by atoms with Gasteiger partial charge < -0.3 is 14.9 Å². The Balaban J connectivity index is 1.99. The van der Waals surface area contributed by atoms with Crippen molar-refractivity contribution in [1.29, 1.82) is 0 Å². The second-order valence-corrected chi connectivity index (χ2v) is 5.34. The molecule has 0 spiro atoms. The largest absolute Gasteiger partial charge is 0.478 e. The van der Waals surface area contributed by atoms with E-state index in [0.29, 0.717) is 22.7 Å². The van der Waals surface area contributed by atoms with Crippen LogP contribution in [-0.4, -0.2) is 22.1 Å². The lowest BCUT2D eigenvalue weighted by Gasteiger charge is -2.02. The van der Waals surface area contributed by atoms with Gasteiger partial charge in [-0.25, -0.2) is 4.79 Å². The van der Waals surface area contributed by atoms with Gasteiger partial charge in [-0.2, -0.15) is 0 Å². The Labute approximate surface area is 125 Å². The Kier molecular flexibility index (Phi) is 4.54. The van der Waals surface area contributed by atoms with E-state index in [2.05, 4.69) is 10.5 Å². The maximum Gasteiger partial charge on any atom is 0.328 e. The lowest BCUT2D eigenvalue weighted by molar-refractivity contribution is -0.131. The van der Waals surface area contributed by atoms with Crippen molar-refractivity contribution in [3.63, 3.8) is 0 Å². The third-order valence-corrected chi connectivity index (χ3v) is 3.78. The van der Waals surface area contributed by atoms with Crippen molar-refractivity contribution in [2.75, 3.05) is 0 Å². The second-order valence-electron chi connectivity index (χ2n) is 4.39. The highest BCUT2D eigenvalue weighted by Gasteiger charge is 2.12. The first-order chi connectivity index (χ1) is 9.97. The van der Waals surface area contributed by atoms with Gasteiger partial charge in [0.15, 0.2) is 0 Å². The van der Waals surface area contributed by atoms with Crippen molar-refractivity contribution in [3.05, 3.63) is 45.0 Å². The fourth-order valence-electron chi connectivity index (χ4n) is 1.74. The van der Waals surface area contributed by atoms with E-state index in [9.17, 15) is 9.59 Å². The van der Waals surface area contributed by atoms with Gasteiger partial charge in [-0.3, -0.25) is 4.79 Å². The van der Waals surface area contributed by atoms with Gasteiger partial charge in [0, 0.05) is 28.4 Å². The van der Waals surface area contributed by atoms with E-state index >= 15 is 0 Å². The SMILES string of the molecule is Cc1noc(C)c1CNC(=O)c1csc(C=CC(=O)O)c1. The van der Waals surface area contributed by atoms with E-state index in [4.69, 9.17) is 9.63 Å². The van der Waals surface area contributed by atoms with Gasteiger partial charge in [-0.15, -0.1) is 11.3 Å². The van der Waals surface area contributed by atoms with E-state index in [1.54, 1.807) is 18.4 Å². The summed E-state index contributed by atoms with van der Waals surface area (Å²) in [6, 6.07) is 1.65. The van der Waals surface area contributed by atoms with Crippen molar-refractivity contribution in [2.45, 2.75) is 20.4 Å². The lowest BCUT2D eigenvalue weighted by Crippen LogP contribution is -2.22. The molecular weight excluding hydrogens is 292 g/mol. The number of nitrogens with zero attached hydrogens (tertiary/aromatic N) is 1. The minimum atomic E-state index is -1.02. The predicted octanol–water partition coefficient (Wildman–Crippen LogP) is 2.38. The van der Waals surface area contributed by atoms with Crippen LogP contribution in [-0.2, 0) is 11.3 Å². The molecule has 6 nitrogen and oxygen atoms in total. The van der Waals surface area contributed by atoms with E-state index in [0.717, 1.165) is 17.3 Å². The summed E-state index contributed by atoms with van der Waals surface area (Å²) in [6.07, 6.45) is 2.50. The molecule has 0 atom stereocenters. The Morgan fingerprint density at radius 3 is 2.86 bits per heavy atom. The standard InChI is InChI=1S/C14H14N2O4S/c1-8-12(9(2)20-16-8)6-15-14(19)10-5-11(21-7-10)3-4-13(17)18/h3-5,7H,6H2,1-2H3,(H,15,19)(H,17,18). The molecule has 0 saturated heterocycles.